The molecule has 3 nitrogen and oxygen atoms in total. The molecule has 0 aliphatic heterocycles. The molecular weight excluding hydrogens is 319 g/mol. The Hall–Kier alpha value is -1.80. The van der Waals surface area contributed by atoms with E-state index < -0.39 is 11.9 Å². The molecule has 3 aromatic rings. The number of hydrogen-bond acceptors (Lipinski definition) is 5. The Morgan fingerprint density at radius 3 is 2.62 bits per heavy atom. The molecule has 21 heavy (non-hydrogen) atoms. The van der Waals surface area contributed by atoms with Crippen molar-refractivity contribution < 1.29 is 13.2 Å². The average Bonchev–Trinajstić information content (AvgIpc) is 3.06. The summed E-state index contributed by atoms with van der Waals surface area (Å²) < 4.78 is 37.7. The van der Waals surface area contributed by atoms with Crippen LogP contribution in [-0.2, 0) is 6.18 Å². The van der Waals surface area contributed by atoms with E-state index in [0.717, 1.165) is 27.2 Å². The molecule has 0 atom stereocenters. The van der Waals surface area contributed by atoms with Crippen molar-refractivity contribution >= 4 is 22.7 Å². The van der Waals surface area contributed by atoms with Gasteiger partial charge in [-0.1, -0.05) is 0 Å². The number of halogens is 3. The normalized spacial score (nSPS) is 11.8. The molecule has 0 amide bonds. The fourth-order valence-corrected chi connectivity index (χ4v) is 3.32. The van der Waals surface area contributed by atoms with Gasteiger partial charge in [0.05, 0.1) is 16.8 Å². The van der Waals surface area contributed by atoms with E-state index in [0.29, 0.717) is 5.69 Å². The summed E-state index contributed by atoms with van der Waals surface area (Å²) in [6.45, 7) is 1.94. The summed E-state index contributed by atoms with van der Waals surface area (Å²) in [4.78, 5) is 12.7. The zero-order chi connectivity index (χ0) is 15.0. The molecular formula is C13H7F3N3S2. The Morgan fingerprint density at radius 2 is 2.00 bits per heavy atom. The third-order valence-corrected chi connectivity index (χ3v) is 4.56. The number of rotatable bonds is 2. The second-order valence-corrected chi connectivity index (χ2v) is 5.95. The van der Waals surface area contributed by atoms with Crippen molar-refractivity contribution in [1.29, 1.82) is 0 Å². The first kappa shape index (κ1) is 14.2. The molecule has 8 heteroatoms. The molecule has 0 N–H and O–H groups in total. The van der Waals surface area contributed by atoms with Crippen LogP contribution >= 0.6 is 22.7 Å². The third kappa shape index (κ3) is 2.81. The molecule has 1 radical (unpaired) electrons. The molecule has 0 fully saturated rings. The van der Waals surface area contributed by atoms with Crippen LogP contribution in [0.2, 0.25) is 0 Å². The Labute approximate surface area is 126 Å². The zero-order valence-electron chi connectivity index (χ0n) is 10.6. The van der Waals surface area contributed by atoms with Crippen LogP contribution in [0.1, 0.15) is 11.3 Å². The summed E-state index contributed by atoms with van der Waals surface area (Å²) in [6, 6.07) is 3.56. The van der Waals surface area contributed by atoms with Crippen molar-refractivity contribution in [2.24, 2.45) is 0 Å². The van der Waals surface area contributed by atoms with Crippen LogP contribution in [0, 0.1) is 13.1 Å². The third-order valence-electron chi connectivity index (χ3n) is 2.68. The number of nitrogens with zero attached hydrogens (tertiary/aromatic N) is 3. The highest BCUT2D eigenvalue weighted by molar-refractivity contribution is 7.13. The van der Waals surface area contributed by atoms with E-state index >= 15 is 0 Å². The average molecular weight is 326 g/mol. The van der Waals surface area contributed by atoms with Crippen molar-refractivity contribution in [1.82, 2.24) is 15.0 Å². The first-order chi connectivity index (χ1) is 9.95. The highest BCUT2D eigenvalue weighted by atomic mass is 32.1. The minimum Gasteiger partial charge on any atom is -0.228 e. The molecule has 0 aromatic carbocycles. The van der Waals surface area contributed by atoms with Crippen molar-refractivity contribution in [3.05, 3.63) is 40.3 Å². The topological polar surface area (TPSA) is 38.7 Å². The molecule has 107 valence electrons. The Morgan fingerprint density at radius 1 is 1.19 bits per heavy atom. The van der Waals surface area contributed by atoms with Gasteiger partial charge in [-0.15, -0.1) is 22.7 Å². The van der Waals surface area contributed by atoms with Gasteiger partial charge in [-0.25, -0.2) is 15.0 Å². The lowest BCUT2D eigenvalue weighted by Crippen LogP contribution is -2.05. The number of thiophene rings is 1. The number of aromatic nitrogens is 3. The summed E-state index contributed by atoms with van der Waals surface area (Å²) in [6.07, 6.45) is -1.79. The standard InChI is InChI=1S/C13H7F3N3S2/c1-7-3-5-20-10(7)8-2-4-17-11(18-8)12-19-9(6-21-12)13(14,15)16/h2-3,5-6H,1H3. The second kappa shape index (κ2) is 5.19. The number of aryl methyl sites for hydroxylation is 1. The Bertz CT molecular complexity index is 777. The minimum absolute atomic E-state index is 0.134. The van der Waals surface area contributed by atoms with Crippen LogP contribution in [0.5, 0.6) is 0 Å². The van der Waals surface area contributed by atoms with E-state index in [1.807, 2.05) is 18.4 Å². The molecule has 0 spiro atoms. The molecule has 3 aromatic heterocycles. The van der Waals surface area contributed by atoms with Crippen LogP contribution in [0.3, 0.4) is 0 Å². The van der Waals surface area contributed by atoms with Gasteiger partial charge in [0.25, 0.3) is 0 Å². The summed E-state index contributed by atoms with van der Waals surface area (Å²) in [5.41, 5.74) is 0.758. The van der Waals surface area contributed by atoms with E-state index in [1.165, 1.54) is 11.3 Å². The highest BCUT2D eigenvalue weighted by Crippen LogP contribution is 2.33. The SMILES string of the molecule is Cc1ccsc1-c1c[c]nc(-c2nc(C(F)(F)F)cs2)n1. The maximum atomic E-state index is 12.6. The van der Waals surface area contributed by atoms with Gasteiger partial charge in [-0.2, -0.15) is 13.2 Å². The Balaban J connectivity index is 2.01. The van der Waals surface area contributed by atoms with Gasteiger partial charge in [0.1, 0.15) is 0 Å². The van der Waals surface area contributed by atoms with Crippen LogP contribution in [-0.4, -0.2) is 15.0 Å². The Kier molecular flexibility index (Phi) is 3.50. The van der Waals surface area contributed by atoms with Crippen molar-refractivity contribution in [2.75, 3.05) is 0 Å². The van der Waals surface area contributed by atoms with Gasteiger partial charge in [-0.05, 0) is 30.0 Å². The van der Waals surface area contributed by atoms with E-state index in [9.17, 15) is 13.2 Å². The first-order valence-corrected chi connectivity index (χ1v) is 7.54. The quantitative estimate of drug-likeness (QED) is 0.698. The predicted molar refractivity (Wildman–Crippen MR) is 75.0 cm³/mol. The van der Waals surface area contributed by atoms with Gasteiger partial charge < -0.3 is 0 Å². The number of hydrogen-bond donors (Lipinski definition) is 0. The van der Waals surface area contributed by atoms with Gasteiger partial charge in [-0.3, -0.25) is 0 Å². The molecule has 3 heterocycles. The summed E-state index contributed by atoms with van der Waals surface area (Å²) in [5, 5.41) is 3.02. The van der Waals surface area contributed by atoms with Crippen molar-refractivity contribution in [3.8, 4) is 21.4 Å². The molecule has 0 bridgehead atoms. The summed E-state index contributed by atoms with van der Waals surface area (Å²) in [5.74, 6) is 0.154. The number of alkyl halides is 3. The van der Waals surface area contributed by atoms with E-state index in [4.69, 9.17) is 0 Å². The molecule has 0 saturated carbocycles. The fraction of sp³-hybridized carbons (Fsp3) is 0.154. The monoisotopic (exact) mass is 326 g/mol. The number of thiazole rings is 1. The van der Waals surface area contributed by atoms with E-state index in [2.05, 4.69) is 21.1 Å². The van der Waals surface area contributed by atoms with Gasteiger partial charge in [0, 0.05) is 5.38 Å². The van der Waals surface area contributed by atoms with E-state index in [-0.39, 0.29) is 10.8 Å². The zero-order valence-corrected chi connectivity index (χ0v) is 12.2. The maximum absolute atomic E-state index is 12.6. The smallest absolute Gasteiger partial charge is 0.228 e. The molecule has 3 rings (SSSR count). The summed E-state index contributed by atoms with van der Waals surface area (Å²) >= 11 is 2.38. The molecule has 0 aliphatic carbocycles. The van der Waals surface area contributed by atoms with Crippen LogP contribution in [0.4, 0.5) is 13.2 Å². The van der Waals surface area contributed by atoms with Gasteiger partial charge in [0.2, 0.25) is 0 Å². The van der Waals surface area contributed by atoms with Crippen LogP contribution in [0.25, 0.3) is 21.4 Å². The highest BCUT2D eigenvalue weighted by Gasteiger charge is 2.34. The molecule has 0 saturated heterocycles. The van der Waals surface area contributed by atoms with Gasteiger partial charge >= 0.3 is 6.18 Å². The van der Waals surface area contributed by atoms with Crippen molar-refractivity contribution in [2.45, 2.75) is 13.1 Å². The largest absolute Gasteiger partial charge is 0.434 e. The predicted octanol–water partition coefficient (Wildman–Crippen LogP) is 4.46. The molecule has 0 unspecified atom stereocenters. The lowest BCUT2D eigenvalue weighted by Gasteiger charge is -2.01. The lowest BCUT2D eigenvalue weighted by atomic mass is 10.2. The first-order valence-electron chi connectivity index (χ1n) is 5.78. The van der Waals surface area contributed by atoms with Crippen LogP contribution < -0.4 is 0 Å². The van der Waals surface area contributed by atoms with E-state index in [1.54, 1.807) is 6.07 Å². The summed E-state index contributed by atoms with van der Waals surface area (Å²) in [7, 11) is 0. The maximum Gasteiger partial charge on any atom is 0.434 e. The van der Waals surface area contributed by atoms with Gasteiger partial charge in [0.15, 0.2) is 16.5 Å². The van der Waals surface area contributed by atoms with Crippen molar-refractivity contribution in [3.63, 3.8) is 0 Å². The minimum atomic E-state index is -4.46. The molecule has 0 aliphatic rings. The lowest BCUT2D eigenvalue weighted by molar-refractivity contribution is -0.140. The second-order valence-electron chi connectivity index (χ2n) is 4.17. The fourth-order valence-electron chi connectivity index (χ4n) is 1.68. The van der Waals surface area contributed by atoms with Crippen LogP contribution in [0.15, 0.2) is 22.9 Å².